The van der Waals surface area contributed by atoms with Gasteiger partial charge in [-0.25, -0.2) is 4.79 Å². The van der Waals surface area contributed by atoms with Crippen LogP contribution in [0.1, 0.15) is 12.5 Å². The third kappa shape index (κ3) is 6.39. The summed E-state index contributed by atoms with van der Waals surface area (Å²) in [5, 5.41) is 7.05. The molecule has 0 aliphatic carbocycles. The summed E-state index contributed by atoms with van der Waals surface area (Å²) < 4.78 is 44.5. The second-order valence-electron chi connectivity index (χ2n) is 6.60. The van der Waals surface area contributed by atoms with Crippen LogP contribution in [0.15, 0.2) is 66.7 Å². The van der Waals surface area contributed by atoms with Crippen molar-refractivity contribution in [2.45, 2.75) is 13.1 Å². The van der Waals surface area contributed by atoms with Gasteiger partial charge in [-0.15, -0.1) is 0 Å². The number of carbonyl (C=O) groups is 2. The van der Waals surface area contributed by atoms with Gasteiger partial charge in [0.25, 0.3) is 0 Å². The predicted molar refractivity (Wildman–Crippen MR) is 116 cm³/mol. The molecular formula is C22H17ClF3N3O3. The van der Waals surface area contributed by atoms with Crippen LogP contribution in [0.2, 0.25) is 5.02 Å². The van der Waals surface area contributed by atoms with Crippen LogP contribution in [-0.4, -0.2) is 11.9 Å². The molecule has 0 aliphatic heterocycles. The molecular weight excluding hydrogens is 447 g/mol. The number of hydrogen-bond donors (Lipinski definition) is 3. The van der Waals surface area contributed by atoms with Crippen molar-refractivity contribution in [1.29, 1.82) is 0 Å². The molecule has 0 unspecified atom stereocenters. The predicted octanol–water partition coefficient (Wildman–Crippen LogP) is 6.75. The number of carbonyl (C=O) groups excluding carboxylic acids is 2. The van der Waals surface area contributed by atoms with E-state index in [-0.39, 0.29) is 11.6 Å². The van der Waals surface area contributed by atoms with E-state index in [0.717, 1.165) is 12.1 Å². The highest BCUT2D eigenvalue weighted by atomic mass is 35.5. The van der Waals surface area contributed by atoms with Gasteiger partial charge in [0.2, 0.25) is 5.91 Å². The highest BCUT2D eigenvalue weighted by Crippen LogP contribution is 2.36. The molecule has 0 aromatic heterocycles. The van der Waals surface area contributed by atoms with Crippen molar-refractivity contribution in [3.8, 4) is 11.5 Å². The fourth-order valence-corrected chi connectivity index (χ4v) is 2.89. The summed E-state index contributed by atoms with van der Waals surface area (Å²) in [6.45, 7) is 1.41. The molecule has 10 heteroatoms. The third-order valence-electron chi connectivity index (χ3n) is 4.05. The zero-order chi connectivity index (χ0) is 23.3. The van der Waals surface area contributed by atoms with Crippen LogP contribution >= 0.6 is 11.6 Å². The molecule has 3 N–H and O–H groups in total. The van der Waals surface area contributed by atoms with Crippen molar-refractivity contribution < 1.29 is 27.5 Å². The van der Waals surface area contributed by atoms with Gasteiger partial charge in [-0.3, -0.25) is 4.79 Å². The first-order chi connectivity index (χ1) is 15.1. The summed E-state index contributed by atoms with van der Waals surface area (Å²) in [4.78, 5) is 23.2. The highest BCUT2D eigenvalue weighted by molar-refractivity contribution is 6.31. The minimum atomic E-state index is -4.63. The maximum Gasteiger partial charge on any atom is 0.417 e. The van der Waals surface area contributed by atoms with Crippen LogP contribution in [-0.2, 0) is 11.0 Å². The van der Waals surface area contributed by atoms with E-state index in [0.29, 0.717) is 22.9 Å². The summed E-state index contributed by atoms with van der Waals surface area (Å²) in [6.07, 6.45) is -4.63. The Kier molecular flexibility index (Phi) is 6.89. The number of rotatable bonds is 5. The van der Waals surface area contributed by atoms with Gasteiger partial charge in [-0.1, -0.05) is 11.6 Å². The third-order valence-corrected chi connectivity index (χ3v) is 4.38. The molecule has 0 aliphatic rings. The lowest BCUT2D eigenvalue weighted by atomic mass is 10.2. The summed E-state index contributed by atoms with van der Waals surface area (Å²) in [5.41, 5.74) is -0.0511. The van der Waals surface area contributed by atoms with Gasteiger partial charge in [0, 0.05) is 24.0 Å². The monoisotopic (exact) mass is 463 g/mol. The standard InChI is InChI=1S/C22H17ClF3N3O3/c1-13(30)27-14-2-7-17(8-3-14)32-18-9-4-15(5-10-18)28-21(31)29-16-6-11-20(23)19(12-16)22(24,25)26/h2-12H,1H3,(H,27,30)(H2,28,29,31). The second kappa shape index (κ2) is 9.61. The van der Waals surface area contributed by atoms with Crippen molar-refractivity contribution in [3.63, 3.8) is 0 Å². The average Bonchev–Trinajstić information content (AvgIpc) is 2.71. The molecule has 3 rings (SSSR count). The molecule has 0 bridgehead atoms. The molecule has 0 saturated carbocycles. The Bertz CT molecular complexity index is 1120. The van der Waals surface area contributed by atoms with Crippen LogP contribution in [0.25, 0.3) is 0 Å². The molecule has 6 nitrogen and oxygen atoms in total. The number of nitrogens with one attached hydrogen (secondary N) is 3. The van der Waals surface area contributed by atoms with E-state index in [2.05, 4.69) is 16.0 Å². The Morgan fingerprint density at radius 1 is 0.781 bits per heavy atom. The maximum absolute atomic E-state index is 12.9. The largest absolute Gasteiger partial charge is 0.457 e. The van der Waals surface area contributed by atoms with E-state index in [1.807, 2.05) is 0 Å². The minimum absolute atomic E-state index is 0.0538. The van der Waals surface area contributed by atoms with Crippen molar-refractivity contribution in [2.75, 3.05) is 16.0 Å². The number of hydrogen-bond acceptors (Lipinski definition) is 3. The summed E-state index contributed by atoms with van der Waals surface area (Å²) in [7, 11) is 0. The number of benzene rings is 3. The number of urea groups is 1. The Morgan fingerprint density at radius 3 is 1.75 bits per heavy atom. The Hall–Kier alpha value is -3.72. The second-order valence-corrected chi connectivity index (χ2v) is 7.01. The van der Waals surface area contributed by atoms with E-state index in [1.165, 1.54) is 13.0 Å². The quantitative estimate of drug-likeness (QED) is 0.391. The van der Waals surface area contributed by atoms with Gasteiger partial charge in [0.15, 0.2) is 0 Å². The Labute approximate surface area is 186 Å². The molecule has 0 spiro atoms. The summed E-state index contributed by atoms with van der Waals surface area (Å²) in [6, 6.07) is 15.5. The maximum atomic E-state index is 12.9. The summed E-state index contributed by atoms with van der Waals surface area (Å²) >= 11 is 5.57. The van der Waals surface area contributed by atoms with E-state index < -0.39 is 22.8 Å². The zero-order valence-electron chi connectivity index (χ0n) is 16.6. The fourth-order valence-electron chi connectivity index (χ4n) is 2.67. The molecule has 0 heterocycles. The van der Waals surface area contributed by atoms with E-state index in [4.69, 9.17) is 16.3 Å². The van der Waals surface area contributed by atoms with Crippen LogP contribution < -0.4 is 20.7 Å². The Morgan fingerprint density at radius 2 is 1.25 bits per heavy atom. The van der Waals surface area contributed by atoms with E-state index in [1.54, 1.807) is 48.5 Å². The molecule has 3 aromatic rings. The van der Waals surface area contributed by atoms with Crippen molar-refractivity contribution in [1.82, 2.24) is 0 Å². The first-order valence-corrected chi connectivity index (χ1v) is 9.58. The van der Waals surface area contributed by atoms with Crippen molar-refractivity contribution >= 4 is 40.6 Å². The minimum Gasteiger partial charge on any atom is -0.457 e. The molecule has 0 atom stereocenters. The van der Waals surface area contributed by atoms with Gasteiger partial charge >= 0.3 is 12.2 Å². The van der Waals surface area contributed by atoms with Gasteiger partial charge in [-0.05, 0) is 66.7 Å². The van der Waals surface area contributed by atoms with Gasteiger partial charge in [0.1, 0.15) is 11.5 Å². The molecule has 32 heavy (non-hydrogen) atoms. The van der Waals surface area contributed by atoms with Crippen LogP contribution in [0, 0.1) is 0 Å². The summed E-state index contributed by atoms with van der Waals surface area (Å²) in [5.74, 6) is 0.860. The fraction of sp³-hybridized carbons (Fsp3) is 0.0909. The topological polar surface area (TPSA) is 79.5 Å². The lowest BCUT2D eigenvalue weighted by molar-refractivity contribution is -0.137. The number of ether oxygens (including phenoxy) is 1. The van der Waals surface area contributed by atoms with Crippen molar-refractivity contribution in [3.05, 3.63) is 77.3 Å². The van der Waals surface area contributed by atoms with E-state index in [9.17, 15) is 22.8 Å². The SMILES string of the molecule is CC(=O)Nc1ccc(Oc2ccc(NC(=O)Nc3ccc(Cl)c(C(F)(F)F)c3)cc2)cc1. The molecule has 3 aromatic carbocycles. The molecule has 166 valence electrons. The van der Waals surface area contributed by atoms with Crippen LogP contribution in [0.4, 0.5) is 35.0 Å². The number of amides is 3. The smallest absolute Gasteiger partial charge is 0.417 e. The molecule has 0 saturated heterocycles. The zero-order valence-corrected chi connectivity index (χ0v) is 17.3. The lowest BCUT2D eigenvalue weighted by Gasteiger charge is -2.12. The van der Waals surface area contributed by atoms with Crippen LogP contribution in [0.3, 0.4) is 0 Å². The first kappa shape index (κ1) is 23.0. The van der Waals surface area contributed by atoms with Crippen molar-refractivity contribution in [2.24, 2.45) is 0 Å². The Balaban J connectivity index is 1.58. The van der Waals surface area contributed by atoms with Crippen LogP contribution in [0.5, 0.6) is 11.5 Å². The number of halogens is 4. The van der Waals surface area contributed by atoms with Gasteiger partial charge in [-0.2, -0.15) is 13.2 Å². The number of anilines is 3. The normalized spacial score (nSPS) is 10.9. The van der Waals surface area contributed by atoms with E-state index >= 15 is 0 Å². The first-order valence-electron chi connectivity index (χ1n) is 9.20. The average molecular weight is 464 g/mol. The highest BCUT2D eigenvalue weighted by Gasteiger charge is 2.33. The van der Waals surface area contributed by atoms with Gasteiger partial charge in [0.05, 0.1) is 10.6 Å². The van der Waals surface area contributed by atoms with Gasteiger partial charge < -0.3 is 20.7 Å². The molecule has 0 radical (unpaired) electrons. The lowest BCUT2D eigenvalue weighted by Crippen LogP contribution is -2.19. The number of alkyl halides is 3. The molecule has 0 fully saturated rings. The molecule has 3 amide bonds.